The molecule has 0 saturated heterocycles. The monoisotopic (exact) mass is 314 g/mol. The number of pyridine rings is 1. The fourth-order valence-corrected chi connectivity index (χ4v) is 3.37. The van der Waals surface area contributed by atoms with Crippen LogP contribution in [-0.2, 0) is 4.79 Å². The number of nitrogens with one attached hydrogen (secondary N) is 1. The van der Waals surface area contributed by atoms with E-state index in [1.807, 2.05) is 24.4 Å². The molecule has 0 spiro atoms. The van der Waals surface area contributed by atoms with Crippen LogP contribution in [0.5, 0.6) is 0 Å². The van der Waals surface area contributed by atoms with Crippen molar-refractivity contribution in [3.05, 3.63) is 41.5 Å². The Balaban J connectivity index is 1.86. The molecule has 3 N–H and O–H groups in total. The average molecular weight is 314 g/mol. The molecule has 1 amide bonds. The summed E-state index contributed by atoms with van der Waals surface area (Å²) in [5, 5.41) is 1.09. The van der Waals surface area contributed by atoms with Crippen molar-refractivity contribution < 1.29 is 4.79 Å². The molecule has 6 heteroatoms. The van der Waals surface area contributed by atoms with Crippen molar-refractivity contribution in [2.45, 2.75) is 12.5 Å². The van der Waals surface area contributed by atoms with E-state index in [4.69, 9.17) is 5.73 Å². The molecule has 0 bridgehead atoms. The SMILES string of the molecule is CN(C)C(=O)C[C@@H](N)c1ccc(-c2c[nH]c3ncccc23)s1. The van der Waals surface area contributed by atoms with Crippen molar-refractivity contribution in [3.8, 4) is 10.4 Å². The van der Waals surface area contributed by atoms with Gasteiger partial charge in [0.15, 0.2) is 0 Å². The second-order valence-corrected chi connectivity index (χ2v) is 6.52. The summed E-state index contributed by atoms with van der Waals surface area (Å²) in [5.41, 5.74) is 8.15. The highest BCUT2D eigenvalue weighted by atomic mass is 32.1. The predicted molar refractivity (Wildman–Crippen MR) is 89.6 cm³/mol. The van der Waals surface area contributed by atoms with E-state index in [2.05, 4.69) is 16.0 Å². The summed E-state index contributed by atoms with van der Waals surface area (Å²) in [7, 11) is 3.49. The van der Waals surface area contributed by atoms with Gasteiger partial charge in [0, 0.05) is 59.7 Å². The molecule has 0 aliphatic carbocycles. The Morgan fingerprint density at radius 2 is 2.23 bits per heavy atom. The first kappa shape index (κ1) is 14.7. The molecular formula is C16H18N4OS. The zero-order chi connectivity index (χ0) is 15.7. The zero-order valence-electron chi connectivity index (χ0n) is 12.5. The highest BCUT2D eigenvalue weighted by Crippen LogP contribution is 2.35. The molecule has 3 heterocycles. The number of nitrogens with two attached hydrogens (primary N) is 1. The Hall–Kier alpha value is -2.18. The Labute approximate surface area is 132 Å². The molecule has 5 nitrogen and oxygen atoms in total. The van der Waals surface area contributed by atoms with Crippen LogP contribution in [0.2, 0.25) is 0 Å². The second kappa shape index (κ2) is 5.90. The van der Waals surface area contributed by atoms with Gasteiger partial charge in [0.25, 0.3) is 0 Å². The van der Waals surface area contributed by atoms with Crippen LogP contribution in [0.25, 0.3) is 21.5 Å². The van der Waals surface area contributed by atoms with Gasteiger partial charge in [-0.25, -0.2) is 4.98 Å². The number of hydrogen-bond donors (Lipinski definition) is 2. The molecule has 0 fully saturated rings. The first-order chi connectivity index (χ1) is 10.6. The van der Waals surface area contributed by atoms with Gasteiger partial charge in [0.1, 0.15) is 5.65 Å². The van der Waals surface area contributed by atoms with E-state index in [1.54, 1.807) is 36.5 Å². The number of carbonyl (C=O) groups is 1. The minimum atomic E-state index is -0.267. The number of nitrogens with zero attached hydrogens (tertiary/aromatic N) is 2. The van der Waals surface area contributed by atoms with Crippen LogP contribution in [0.4, 0.5) is 0 Å². The molecule has 3 rings (SSSR count). The quantitative estimate of drug-likeness (QED) is 0.777. The molecule has 0 radical (unpaired) electrons. The van der Waals surface area contributed by atoms with E-state index in [-0.39, 0.29) is 11.9 Å². The fraction of sp³-hybridized carbons (Fsp3) is 0.250. The molecular weight excluding hydrogens is 296 g/mol. The molecule has 0 aromatic carbocycles. The van der Waals surface area contributed by atoms with E-state index in [1.165, 1.54) is 0 Å². The van der Waals surface area contributed by atoms with Crippen LogP contribution >= 0.6 is 11.3 Å². The summed E-state index contributed by atoms with van der Waals surface area (Å²) < 4.78 is 0. The maximum absolute atomic E-state index is 11.8. The molecule has 1 atom stereocenters. The molecule has 3 aromatic heterocycles. The van der Waals surface area contributed by atoms with Crippen molar-refractivity contribution in [2.24, 2.45) is 5.73 Å². The molecule has 0 unspecified atom stereocenters. The maximum Gasteiger partial charge on any atom is 0.223 e. The number of amides is 1. The third kappa shape index (κ3) is 2.75. The summed E-state index contributed by atoms with van der Waals surface area (Å²) in [6, 6.07) is 7.76. The number of fused-ring (bicyclic) bond motifs is 1. The van der Waals surface area contributed by atoms with Crippen LogP contribution < -0.4 is 5.73 Å². The molecule has 0 saturated carbocycles. The highest BCUT2D eigenvalue weighted by Gasteiger charge is 2.16. The highest BCUT2D eigenvalue weighted by molar-refractivity contribution is 7.15. The third-order valence-electron chi connectivity index (χ3n) is 3.60. The molecule has 22 heavy (non-hydrogen) atoms. The van der Waals surface area contributed by atoms with Gasteiger partial charge in [-0.3, -0.25) is 4.79 Å². The van der Waals surface area contributed by atoms with Gasteiger partial charge in [0.05, 0.1) is 0 Å². The summed E-state index contributed by atoms with van der Waals surface area (Å²) in [6.07, 6.45) is 4.05. The van der Waals surface area contributed by atoms with Crippen LogP contribution in [0, 0.1) is 0 Å². The Morgan fingerprint density at radius 3 is 3.00 bits per heavy atom. The van der Waals surface area contributed by atoms with Crippen molar-refractivity contribution in [1.29, 1.82) is 0 Å². The first-order valence-electron chi connectivity index (χ1n) is 7.04. The molecule has 0 aliphatic heterocycles. The van der Waals surface area contributed by atoms with Crippen molar-refractivity contribution in [3.63, 3.8) is 0 Å². The van der Waals surface area contributed by atoms with Crippen molar-refractivity contribution in [2.75, 3.05) is 14.1 Å². The molecule has 114 valence electrons. The van der Waals surface area contributed by atoms with Gasteiger partial charge in [-0.1, -0.05) is 0 Å². The summed E-state index contributed by atoms with van der Waals surface area (Å²) in [4.78, 5) is 23.0. The largest absolute Gasteiger partial charge is 0.349 e. The molecule has 0 aliphatic rings. The fourth-order valence-electron chi connectivity index (χ4n) is 2.33. The van der Waals surface area contributed by atoms with Crippen LogP contribution in [0.15, 0.2) is 36.7 Å². The van der Waals surface area contributed by atoms with Gasteiger partial charge < -0.3 is 15.6 Å². The van der Waals surface area contributed by atoms with Gasteiger partial charge in [-0.15, -0.1) is 11.3 Å². The van der Waals surface area contributed by atoms with Gasteiger partial charge in [-0.05, 0) is 24.3 Å². The lowest BCUT2D eigenvalue weighted by molar-refractivity contribution is -0.129. The lowest BCUT2D eigenvalue weighted by Gasteiger charge is -2.13. The van der Waals surface area contributed by atoms with Crippen LogP contribution in [0.3, 0.4) is 0 Å². The number of aromatic nitrogens is 2. The van der Waals surface area contributed by atoms with E-state index < -0.39 is 0 Å². The number of aromatic amines is 1. The van der Waals surface area contributed by atoms with E-state index in [0.29, 0.717) is 6.42 Å². The standard InChI is InChI=1S/C16H18N4OS/c1-20(2)15(21)8-12(17)14-6-5-13(22-14)11-9-19-16-10(11)4-3-7-18-16/h3-7,9,12H,8,17H2,1-2H3,(H,18,19)/t12-/m1/s1. The Kier molecular flexibility index (Phi) is 3.96. The van der Waals surface area contributed by atoms with Crippen LogP contribution in [0.1, 0.15) is 17.3 Å². The second-order valence-electron chi connectivity index (χ2n) is 5.40. The number of hydrogen-bond acceptors (Lipinski definition) is 4. The van der Waals surface area contributed by atoms with Crippen molar-refractivity contribution >= 4 is 28.3 Å². The van der Waals surface area contributed by atoms with E-state index in [0.717, 1.165) is 26.4 Å². The lowest BCUT2D eigenvalue weighted by atomic mass is 10.1. The van der Waals surface area contributed by atoms with Crippen molar-refractivity contribution in [1.82, 2.24) is 14.9 Å². The maximum atomic E-state index is 11.8. The topological polar surface area (TPSA) is 75.0 Å². The Morgan fingerprint density at radius 1 is 1.41 bits per heavy atom. The predicted octanol–water partition coefficient (Wildman–Crippen LogP) is 2.77. The molecule has 3 aromatic rings. The number of rotatable bonds is 4. The zero-order valence-corrected chi connectivity index (χ0v) is 13.4. The van der Waals surface area contributed by atoms with Gasteiger partial charge in [0.2, 0.25) is 5.91 Å². The normalized spacial score (nSPS) is 12.5. The number of carbonyl (C=O) groups excluding carboxylic acids is 1. The van der Waals surface area contributed by atoms with Crippen LogP contribution in [-0.4, -0.2) is 34.9 Å². The average Bonchev–Trinajstić information content (AvgIpc) is 3.13. The minimum Gasteiger partial charge on any atom is -0.349 e. The Bertz CT molecular complexity index is 805. The summed E-state index contributed by atoms with van der Waals surface area (Å²) >= 11 is 1.62. The van der Waals surface area contributed by atoms with E-state index >= 15 is 0 Å². The van der Waals surface area contributed by atoms with Gasteiger partial charge >= 0.3 is 0 Å². The van der Waals surface area contributed by atoms with Gasteiger partial charge in [-0.2, -0.15) is 0 Å². The smallest absolute Gasteiger partial charge is 0.223 e. The number of thiophene rings is 1. The third-order valence-corrected chi connectivity index (χ3v) is 4.85. The first-order valence-corrected chi connectivity index (χ1v) is 7.86. The summed E-state index contributed by atoms with van der Waals surface area (Å²) in [6.45, 7) is 0. The van der Waals surface area contributed by atoms with E-state index in [9.17, 15) is 4.79 Å². The number of H-pyrrole nitrogens is 1. The lowest BCUT2D eigenvalue weighted by Crippen LogP contribution is -2.26. The summed E-state index contributed by atoms with van der Waals surface area (Å²) in [5.74, 6) is 0.0405. The minimum absolute atomic E-state index is 0.0405.